The van der Waals surface area contributed by atoms with Gasteiger partial charge in [0.25, 0.3) is 5.69 Å². The van der Waals surface area contributed by atoms with E-state index < -0.39 is 39.7 Å². The number of rotatable bonds is 6. The van der Waals surface area contributed by atoms with Crippen molar-refractivity contribution in [2.75, 3.05) is 7.11 Å². The van der Waals surface area contributed by atoms with Crippen molar-refractivity contribution in [1.82, 2.24) is 5.43 Å². The van der Waals surface area contributed by atoms with Gasteiger partial charge in [-0.15, -0.1) is 0 Å². The molecular weight excluding hydrogens is 296 g/mol. The van der Waals surface area contributed by atoms with E-state index in [0.717, 1.165) is 13.2 Å². The van der Waals surface area contributed by atoms with Gasteiger partial charge < -0.3 is 9.47 Å². The quantitative estimate of drug-likeness (QED) is 0.255. The number of hydrogen-bond acceptors (Lipinski definition) is 7. The van der Waals surface area contributed by atoms with Gasteiger partial charge in [-0.25, -0.2) is 5.84 Å². The van der Waals surface area contributed by atoms with Crippen molar-refractivity contribution in [3.8, 4) is 11.5 Å². The number of hydrogen-bond donors (Lipinski definition) is 2. The summed E-state index contributed by atoms with van der Waals surface area (Å²) in [5.41, 5.74) is -0.0158. The van der Waals surface area contributed by atoms with E-state index in [1.165, 1.54) is 5.43 Å². The van der Waals surface area contributed by atoms with Gasteiger partial charge in [-0.3, -0.25) is 25.1 Å². The predicted octanol–water partition coefficient (Wildman–Crippen LogP) is 0.377. The number of benzene rings is 1. The van der Waals surface area contributed by atoms with Crippen LogP contribution in [0.3, 0.4) is 0 Å². The van der Waals surface area contributed by atoms with Gasteiger partial charge in [-0.1, -0.05) is 0 Å². The highest BCUT2D eigenvalue weighted by molar-refractivity contribution is 5.84. The molecule has 0 saturated heterocycles. The molecule has 21 heavy (non-hydrogen) atoms. The highest BCUT2D eigenvalue weighted by Gasteiger charge is 2.43. The summed E-state index contributed by atoms with van der Waals surface area (Å²) in [5.74, 6) is 1.40. The van der Waals surface area contributed by atoms with Crippen molar-refractivity contribution >= 4 is 17.9 Å². The lowest BCUT2D eigenvalue weighted by atomic mass is 10.1. The average Bonchev–Trinajstić information content (AvgIpc) is 2.45. The second kappa shape index (κ2) is 6.09. The van der Waals surface area contributed by atoms with Gasteiger partial charge in [-0.2, -0.15) is 8.78 Å². The Hall–Kier alpha value is -2.82. The van der Waals surface area contributed by atoms with Crippen LogP contribution in [-0.2, 0) is 4.79 Å². The molecule has 0 aromatic heterocycles. The van der Waals surface area contributed by atoms with Crippen LogP contribution in [-0.4, -0.2) is 30.3 Å². The number of nitrogens with two attached hydrogens (primary N) is 1. The van der Waals surface area contributed by atoms with Crippen molar-refractivity contribution < 1.29 is 32.8 Å². The second-order valence-corrected chi connectivity index (χ2v) is 3.53. The molecule has 0 bridgehead atoms. The number of carbonyl (C=O) groups excluding carboxylic acids is 2. The molecule has 0 saturated carbocycles. The van der Waals surface area contributed by atoms with E-state index in [1.54, 1.807) is 0 Å². The topological polar surface area (TPSA) is 134 Å². The Morgan fingerprint density at radius 3 is 2.52 bits per heavy atom. The number of nitrogens with one attached hydrogen (secondary N) is 1. The summed E-state index contributed by atoms with van der Waals surface area (Å²) in [6.45, 7) is 0. The molecule has 1 aromatic rings. The first-order chi connectivity index (χ1) is 9.76. The van der Waals surface area contributed by atoms with Crippen molar-refractivity contribution in [2.45, 2.75) is 6.11 Å². The summed E-state index contributed by atoms with van der Waals surface area (Å²) >= 11 is 0. The number of nitro benzene ring substituents is 1. The van der Waals surface area contributed by atoms with Gasteiger partial charge in [-0.05, 0) is 0 Å². The number of nitro groups is 1. The van der Waals surface area contributed by atoms with Crippen LogP contribution in [0.1, 0.15) is 10.4 Å². The summed E-state index contributed by atoms with van der Waals surface area (Å²) < 4.78 is 35.4. The molecule has 0 aliphatic carbocycles. The first-order valence-corrected chi connectivity index (χ1v) is 5.16. The minimum Gasteiger partial charge on any atom is -0.493 e. The molecule has 0 radical (unpaired) electrons. The number of nitrogens with zero attached hydrogens (tertiary/aromatic N) is 1. The van der Waals surface area contributed by atoms with Gasteiger partial charge in [0.15, 0.2) is 17.8 Å². The Kier molecular flexibility index (Phi) is 4.71. The molecule has 0 spiro atoms. The third-order valence-corrected chi connectivity index (χ3v) is 2.27. The molecule has 11 heteroatoms. The van der Waals surface area contributed by atoms with Crippen LogP contribution in [0.2, 0.25) is 0 Å². The number of hydrazine groups is 1. The summed E-state index contributed by atoms with van der Waals surface area (Å²) in [7, 11) is 1.06. The first-order valence-electron chi connectivity index (χ1n) is 5.16. The fourth-order valence-electron chi connectivity index (χ4n) is 1.33. The highest BCUT2D eigenvalue weighted by Crippen LogP contribution is 2.36. The minimum atomic E-state index is -4.39. The number of ether oxygens (including phenoxy) is 2. The van der Waals surface area contributed by atoms with Gasteiger partial charge in [0, 0.05) is 6.07 Å². The SMILES string of the molecule is COc1cc(C=O)c([N+](=O)[O-])cc1OC(F)(F)C(=O)NN. The van der Waals surface area contributed by atoms with Crippen molar-refractivity contribution in [3.63, 3.8) is 0 Å². The van der Waals surface area contributed by atoms with Crippen LogP contribution in [0.5, 0.6) is 11.5 Å². The smallest absolute Gasteiger partial charge is 0.483 e. The molecule has 0 fully saturated rings. The van der Waals surface area contributed by atoms with Gasteiger partial charge in [0.1, 0.15) is 0 Å². The van der Waals surface area contributed by atoms with E-state index in [-0.39, 0.29) is 6.29 Å². The highest BCUT2D eigenvalue weighted by atomic mass is 19.3. The van der Waals surface area contributed by atoms with E-state index >= 15 is 0 Å². The molecule has 114 valence electrons. The van der Waals surface area contributed by atoms with E-state index in [2.05, 4.69) is 15.3 Å². The molecule has 1 aromatic carbocycles. The summed E-state index contributed by atoms with van der Waals surface area (Å²) in [6.07, 6.45) is -4.24. The number of methoxy groups -OCH3 is 1. The van der Waals surface area contributed by atoms with Gasteiger partial charge in [0.2, 0.25) is 0 Å². The second-order valence-electron chi connectivity index (χ2n) is 3.53. The largest absolute Gasteiger partial charge is 0.493 e. The van der Waals surface area contributed by atoms with Crippen LogP contribution in [0.25, 0.3) is 0 Å². The summed E-state index contributed by atoms with van der Waals surface area (Å²) in [4.78, 5) is 31.3. The monoisotopic (exact) mass is 305 g/mol. The Bertz CT molecular complexity index is 592. The zero-order valence-corrected chi connectivity index (χ0v) is 10.5. The Morgan fingerprint density at radius 2 is 2.10 bits per heavy atom. The Labute approximate surface area is 115 Å². The van der Waals surface area contributed by atoms with E-state index in [0.29, 0.717) is 6.07 Å². The number of halogens is 2. The molecule has 9 nitrogen and oxygen atoms in total. The summed E-state index contributed by atoms with van der Waals surface area (Å²) in [6, 6.07) is 1.37. The molecule has 1 rings (SSSR count). The number of alkyl halides is 2. The Morgan fingerprint density at radius 1 is 1.48 bits per heavy atom. The Balaban J connectivity index is 3.35. The standard InChI is InChI=1S/C10H9F2N3O6/c1-20-7-2-5(4-16)6(15(18)19)3-8(7)21-10(11,12)9(17)14-13/h2-4H,13H2,1H3,(H,14,17). The summed E-state index contributed by atoms with van der Waals surface area (Å²) in [5, 5.41) is 10.8. The molecule has 0 unspecified atom stereocenters. The maximum atomic E-state index is 13.3. The van der Waals surface area contributed by atoms with E-state index in [4.69, 9.17) is 0 Å². The fourth-order valence-corrected chi connectivity index (χ4v) is 1.33. The molecular formula is C10H9F2N3O6. The first kappa shape index (κ1) is 16.2. The number of aldehydes is 1. The third-order valence-electron chi connectivity index (χ3n) is 2.27. The lowest BCUT2D eigenvalue weighted by Crippen LogP contribution is -2.47. The molecule has 1 amide bonds. The zero-order valence-electron chi connectivity index (χ0n) is 10.5. The normalized spacial score (nSPS) is 10.7. The maximum Gasteiger partial charge on any atom is 0.483 e. The van der Waals surface area contributed by atoms with Crippen LogP contribution < -0.4 is 20.7 Å². The lowest BCUT2D eigenvalue weighted by molar-refractivity contribution is -0.385. The average molecular weight is 305 g/mol. The predicted molar refractivity (Wildman–Crippen MR) is 62.9 cm³/mol. The zero-order chi connectivity index (χ0) is 16.2. The van der Waals surface area contributed by atoms with Crippen molar-refractivity contribution in [2.24, 2.45) is 5.84 Å². The van der Waals surface area contributed by atoms with Crippen LogP contribution >= 0.6 is 0 Å². The van der Waals surface area contributed by atoms with Crippen LogP contribution in [0, 0.1) is 10.1 Å². The fraction of sp³-hybridized carbons (Fsp3) is 0.200. The minimum absolute atomic E-state index is 0.148. The molecule has 3 N–H and O–H groups in total. The van der Waals surface area contributed by atoms with Crippen LogP contribution in [0.15, 0.2) is 12.1 Å². The van der Waals surface area contributed by atoms with Crippen molar-refractivity contribution in [3.05, 3.63) is 27.8 Å². The molecule has 0 heterocycles. The number of amides is 1. The third kappa shape index (κ3) is 3.39. The van der Waals surface area contributed by atoms with E-state index in [9.17, 15) is 28.5 Å². The van der Waals surface area contributed by atoms with Crippen LogP contribution in [0.4, 0.5) is 14.5 Å². The van der Waals surface area contributed by atoms with E-state index in [1.807, 2.05) is 0 Å². The lowest BCUT2D eigenvalue weighted by Gasteiger charge is -2.17. The van der Waals surface area contributed by atoms with Crippen molar-refractivity contribution in [1.29, 1.82) is 0 Å². The molecule has 0 aliphatic rings. The van der Waals surface area contributed by atoms with Gasteiger partial charge >= 0.3 is 12.0 Å². The molecule has 0 atom stereocenters. The number of carbonyl (C=O) groups is 2. The maximum absolute atomic E-state index is 13.3. The van der Waals surface area contributed by atoms with Gasteiger partial charge in [0.05, 0.1) is 23.7 Å². The molecule has 0 aliphatic heterocycles.